The van der Waals surface area contributed by atoms with E-state index < -0.39 is 0 Å². The maximum atomic E-state index is 5.91. The van der Waals surface area contributed by atoms with Crippen molar-refractivity contribution in [3.8, 4) is 11.1 Å². The molecule has 0 fully saturated rings. The van der Waals surface area contributed by atoms with Crippen LogP contribution in [-0.2, 0) is 0 Å². The number of anilines is 1. The third-order valence-corrected chi connectivity index (χ3v) is 3.26. The molecule has 3 aromatic rings. The molecule has 0 radical (unpaired) electrons. The average Bonchev–Trinajstić information content (AvgIpc) is 2.81. The molecule has 3 rings (SSSR count). The number of fused-ring (bicyclic) bond motifs is 1. The number of nitrogens with zero attached hydrogens (tertiary/aromatic N) is 2. The van der Waals surface area contributed by atoms with Gasteiger partial charge in [-0.1, -0.05) is 23.7 Å². The molecule has 0 saturated carbocycles. The van der Waals surface area contributed by atoms with E-state index in [4.69, 9.17) is 16.0 Å². The molecule has 0 amide bonds. The van der Waals surface area contributed by atoms with Gasteiger partial charge in [-0.2, -0.15) is 0 Å². The molecule has 4 heteroatoms. The maximum Gasteiger partial charge on any atom is 0.154 e. The minimum atomic E-state index is 0.579. The lowest BCUT2D eigenvalue weighted by atomic mass is 10.1. The molecule has 19 heavy (non-hydrogen) atoms. The molecular weight excluding hydrogens is 260 g/mol. The lowest BCUT2D eigenvalue weighted by Gasteiger charge is -2.13. The Morgan fingerprint density at radius 2 is 2.05 bits per heavy atom. The second kappa shape index (κ2) is 4.59. The van der Waals surface area contributed by atoms with Crippen molar-refractivity contribution in [2.75, 3.05) is 19.0 Å². The molecule has 0 aliphatic rings. The van der Waals surface area contributed by atoms with Crippen LogP contribution in [0.4, 0.5) is 5.69 Å². The van der Waals surface area contributed by atoms with E-state index in [9.17, 15) is 0 Å². The number of pyridine rings is 1. The predicted octanol–water partition coefficient (Wildman–Crippen LogP) is 4.21. The van der Waals surface area contributed by atoms with Crippen molar-refractivity contribution in [3.63, 3.8) is 0 Å². The molecular formula is C15H13ClN2O. The Bertz CT molecular complexity index is 734. The second-order valence-electron chi connectivity index (χ2n) is 4.59. The molecule has 1 aromatic carbocycles. The molecule has 0 saturated heterocycles. The fraction of sp³-hybridized carbons (Fsp3) is 0.133. The Labute approximate surface area is 116 Å². The number of hydrogen-bond acceptors (Lipinski definition) is 3. The summed E-state index contributed by atoms with van der Waals surface area (Å²) in [7, 11) is 4.04. The van der Waals surface area contributed by atoms with E-state index in [0.29, 0.717) is 10.6 Å². The topological polar surface area (TPSA) is 29.3 Å². The fourth-order valence-corrected chi connectivity index (χ4v) is 2.20. The zero-order chi connectivity index (χ0) is 13.4. The van der Waals surface area contributed by atoms with Crippen LogP contribution in [0.15, 0.2) is 47.2 Å². The molecule has 0 aliphatic heterocycles. The van der Waals surface area contributed by atoms with E-state index in [1.54, 1.807) is 18.5 Å². The highest BCUT2D eigenvalue weighted by Gasteiger charge is 2.10. The quantitative estimate of drug-likeness (QED) is 0.700. The first-order valence-corrected chi connectivity index (χ1v) is 6.33. The molecule has 2 aromatic heterocycles. The van der Waals surface area contributed by atoms with Crippen LogP contribution < -0.4 is 4.90 Å². The highest BCUT2D eigenvalue weighted by molar-refractivity contribution is 6.31. The first-order chi connectivity index (χ1) is 9.15. The molecule has 0 spiro atoms. The van der Waals surface area contributed by atoms with Gasteiger partial charge < -0.3 is 9.32 Å². The zero-order valence-corrected chi connectivity index (χ0v) is 11.5. The van der Waals surface area contributed by atoms with Crippen molar-refractivity contribution >= 4 is 28.4 Å². The van der Waals surface area contributed by atoms with Gasteiger partial charge in [-0.05, 0) is 17.7 Å². The molecule has 3 nitrogen and oxygen atoms in total. The van der Waals surface area contributed by atoms with Crippen LogP contribution in [0.1, 0.15) is 0 Å². The first kappa shape index (κ1) is 12.1. The van der Waals surface area contributed by atoms with Crippen molar-refractivity contribution in [3.05, 3.63) is 47.8 Å². The van der Waals surface area contributed by atoms with Crippen molar-refractivity contribution in [1.82, 2.24) is 4.98 Å². The van der Waals surface area contributed by atoms with E-state index in [-0.39, 0.29) is 0 Å². The van der Waals surface area contributed by atoms with Crippen molar-refractivity contribution in [2.24, 2.45) is 0 Å². The molecule has 0 aliphatic carbocycles. The third-order valence-electron chi connectivity index (χ3n) is 3.05. The zero-order valence-electron chi connectivity index (χ0n) is 10.7. The summed E-state index contributed by atoms with van der Waals surface area (Å²) in [6, 6.07) is 10.0. The normalized spacial score (nSPS) is 10.9. The Kier molecular flexibility index (Phi) is 2.91. The van der Waals surface area contributed by atoms with Gasteiger partial charge in [0.1, 0.15) is 11.8 Å². The van der Waals surface area contributed by atoms with Crippen LogP contribution in [-0.4, -0.2) is 19.1 Å². The molecule has 0 atom stereocenters. The highest BCUT2D eigenvalue weighted by Crippen LogP contribution is 2.31. The summed E-state index contributed by atoms with van der Waals surface area (Å²) in [5, 5.41) is 0.579. The number of benzene rings is 1. The number of aromatic nitrogens is 1. The number of furan rings is 1. The minimum Gasteiger partial charge on any atom is -0.462 e. The number of halogens is 1. The summed E-state index contributed by atoms with van der Waals surface area (Å²) in [6.45, 7) is 0. The van der Waals surface area contributed by atoms with Crippen LogP contribution >= 0.6 is 11.6 Å². The van der Waals surface area contributed by atoms with Crippen molar-refractivity contribution in [2.45, 2.75) is 0 Å². The van der Waals surface area contributed by atoms with Gasteiger partial charge in [-0.25, -0.2) is 0 Å². The summed E-state index contributed by atoms with van der Waals surface area (Å²) in [5.74, 6) is 0. The van der Waals surface area contributed by atoms with Crippen molar-refractivity contribution in [1.29, 1.82) is 0 Å². The van der Waals surface area contributed by atoms with Gasteiger partial charge in [-0.3, -0.25) is 4.98 Å². The predicted molar refractivity (Wildman–Crippen MR) is 78.8 cm³/mol. The van der Waals surface area contributed by atoms with Gasteiger partial charge >= 0.3 is 0 Å². The largest absolute Gasteiger partial charge is 0.462 e. The summed E-state index contributed by atoms with van der Waals surface area (Å²) in [5.41, 5.74) is 4.74. The van der Waals surface area contributed by atoms with Crippen LogP contribution in [0.2, 0.25) is 5.02 Å². The summed E-state index contributed by atoms with van der Waals surface area (Å²) < 4.78 is 5.52. The number of hydrogen-bond donors (Lipinski definition) is 0. The van der Waals surface area contributed by atoms with Crippen LogP contribution in [0.3, 0.4) is 0 Å². The van der Waals surface area contributed by atoms with Gasteiger partial charge in [0, 0.05) is 37.6 Å². The average molecular weight is 273 g/mol. The summed E-state index contributed by atoms with van der Waals surface area (Å²) in [6.07, 6.45) is 3.36. The van der Waals surface area contributed by atoms with Gasteiger partial charge in [0.05, 0.1) is 5.02 Å². The molecule has 2 heterocycles. The Morgan fingerprint density at radius 3 is 2.84 bits per heavy atom. The van der Waals surface area contributed by atoms with E-state index in [2.05, 4.69) is 22.0 Å². The van der Waals surface area contributed by atoms with E-state index in [1.807, 2.05) is 26.2 Å². The third kappa shape index (κ3) is 2.17. The Balaban J connectivity index is 2.16. The molecule has 0 bridgehead atoms. The van der Waals surface area contributed by atoms with Gasteiger partial charge in [-0.15, -0.1) is 0 Å². The van der Waals surface area contributed by atoms with E-state index >= 15 is 0 Å². The smallest absolute Gasteiger partial charge is 0.154 e. The Morgan fingerprint density at radius 1 is 1.21 bits per heavy atom. The molecule has 0 N–H and O–H groups in total. The highest BCUT2D eigenvalue weighted by atomic mass is 35.5. The lowest BCUT2D eigenvalue weighted by Crippen LogP contribution is -2.08. The standard InChI is InChI=1S/C15H13ClN2O/c1-18(2)12-5-3-4-10(6-12)13-9-19-14-7-11(16)8-17-15(13)14/h3-9H,1-2H3. The van der Waals surface area contributed by atoms with Crippen LogP contribution in [0.5, 0.6) is 0 Å². The van der Waals surface area contributed by atoms with E-state index in [0.717, 1.165) is 22.3 Å². The Hall–Kier alpha value is -2.00. The fourth-order valence-electron chi connectivity index (χ4n) is 2.05. The molecule has 0 unspecified atom stereocenters. The van der Waals surface area contributed by atoms with Crippen LogP contribution in [0, 0.1) is 0 Å². The maximum absolute atomic E-state index is 5.91. The van der Waals surface area contributed by atoms with Crippen LogP contribution in [0.25, 0.3) is 22.2 Å². The molecule has 96 valence electrons. The second-order valence-corrected chi connectivity index (χ2v) is 5.03. The van der Waals surface area contributed by atoms with E-state index in [1.165, 1.54) is 0 Å². The minimum absolute atomic E-state index is 0.579. The summed E-state index contributed by atoms with van der Waals surface area (Å²) >= 11 is 5.91. The lowest BCUT2D eigenvalue weighted by molar-refractivity contribution is 0.616. The number of rotatable bonds is 2. The van der Waals surface area contributed by atoms with Gasteiger partial charge in [0.15, 0.2) is 5.58 Å². The first-order valence-electron chi connectivity index (χ1n) is 5.95. The van der Waals surface area contributed by atoms with Crippen molar-refractivity contribution < 1.29 is 4.42 Å². The SMILES string of the molecule is CN(C)c1cccc(-c2coc3cc(Cl)cnc23)c1. The monoisotopic (exact) mass is 272 g/mol. The van der Waals surface area contributed by atoms with Gasteiger partial charge in [0.25, 0.3) is 0 Å². The van der Waals surface area contributed by atoms with Gasteiger partial charge in [0.2, 0.25) is 0 Å². The summed E-state index contributed by atoms with van der Waals surface area (Å²) in [4.78, 5) is 6.42.